The molecule has 0 radical (unpaired) electrons. The Labute approximate surface area is 124 Å². The maximum absolute atomic E-state index is 5.25. The summed E-state index contributed by atoms with van der Waals surface area (Å²) < 4.78 is 10.4. The molecule has 1 heterocycles. The third kappa shape index (κ3) is 3.74. The number of hydrogen-bond acceptors (Lipinski definition) is 4. The number of nitrogens with one attached hydrogen (secondary N) is 1. The van der Waals surface area contributed by atoms with Crippen LogP contribution in [0.3, 0.4) is 0 Å². The Morgan fingerprint density at radius 1 is 1.10 bits per heavy atom. The van der Waals surface area contributed by atoms with Crippen LogP contribution in [0, 0.1) is 0 Å². The van der Waals surface area contributed by atoms with E-state index in [9.17, 15) is 0 Å². The van der Waals surface area contributed by atoms with Crippen molar-refractivity contribution in [1.29, 1.82) is 0 Å². The highest BCUT2D eigenvalue weighted by Crippen LogP contribution is 2.29. The average molecular weight is 291 g/mol. The monoisotopic (exact) mass is 291 g/mol. The molecule has 20 heavy (non-hydrogen) atoms. The lowest BCUT2D eigenvalue weighted by Crippen LogP contribution is -2.15. The molecule has 4 heteroatoms. The first-order valence-electron chi connectivity index (χ1n) is 6.69. The van der Waals surface area contributed by atoms with E-state index in [1.807, 2.05) is 24.6 Å². The molecular formula is C16H21NO2S. The minimum Gasteiger partial charge on any atom is -0.497 e. The normalized spacial score (nSPS) is 12.2. The smallest absolute Gasteiger partial charge is 0.129 e. The first-order valence-corrected chi connectivity index (χ1v) is 7.57. The molecule has 1 atom stereocenters. The molecule has 0 amide bonds. The maximum Gasteiger partial charge on any atom is 0.129 e. The van der Waals surface area contributed by atoms with Crippen LogP contribution in [0.15, 0.2) is 35.7 Å². The van der Waals surface area contributed by atoms with E-state index in [4.69, 9.17) is 9.47 Å². The Balaban J connectivity index is 1.95. The lowest BCUT2D eigenvalue weighted by Gasteiger charge is -2.14. The van der Waals surface area contributed by atoms with Crippen molar-refractivity contribution in [1.82, 2.24) is 5.32 Å². The molecule has 2 aromatic rings. The minimum absolute atomic E-state index is 0.367. The molecular weight excluding hydrogens is 270 g/mol. The largest absolute Gasteiger partial charge is 0.497 e. The summed E-state index contributed by atoms with van der Waals surface area (Å²) in [7, 11) is 5.40. The second-order valence-electron chi connectivity index (χ2n) is 4.62. The zero-order valence-corrected chi connectivity index (χ0v) is 13.0. The summed E-state index contributed by atoms with van der Waals surface area (Å²) >= 11 is 1.74. The van der Waals surface area contributed by atoms with E-state index >= 15 is 0 Å². The molecule has 1 aromatic carbocycles. The van der Waals surface area contributed by atoms with Gasteiger partial charge >= 0.3 is 0 Å². The highest BCUT2D eigenvalue weighted by molar-refractivity contribution is 7.10. The number of rotatable bonds is 7. The van der Waals surface area contributed by atoms with Crippen molar-refractivity contribution in [2.45, 2.75) is 18.9 Å². The maximum atomic E-state index is 5.25. The molecule has 108 valence electrons. The summed E-state index contributed by atoms with van der Waals surface area (Å²) in [5.74, 6) is 1.84. The fourth-order valence-corrected chi connectivity index (χ4v) is 3.16. The summed E-state index contributed by atoms with van der Waals surface area (Å²) in [6, 6.07) is 10.8. The van der Waals surface area contributed by atoms with Gasteiger partial charge in [-0.05, 0) is 43.7 Å². The molecule has 2 rings (SSSR count). The van der Waals surface area contributed by atoms with Gasteiger partial charge in [0.05, 0.1) is 14.2 Å². The first kappa shape index (κ1) is 14.9. The van der Waals surface area contributed by atoms with Gasteiger partial charge in [0.2, 0.25) is 0 Å². The van der Waals surface area contributed by atoms with Crippen molar-refractivity contribution in [3.63, 3.8) is 0 Å². The van der Waals surface area contributed by atoms with E-state index in [0.717, 1.165) is 24.3 Å². The third-order valence-electron chi connectivity index (χ3n) is 3.40. The van der Waals surface area contributed by atoms with Gasteiger partial charge in [0, 0.05) is 16.3 Å². The molecule has 1 unspecified atom stereocenters. The lowest BCUT2D eigenvalue weighted by molar-refractivity contribution is 0.414. The molecule has 3 nitrogen and oxygen atoms in total. The van der Waals surface area contributed by atoms with Crippen LogP contribution >= 0.6 is 11.3 Å². The van der Waals surface area contributed by atoms with Gasteiger partial charge in [-0.3, -0.25) is 0 Å². The molecule has 1 aromatic heterocycles. The van der Waals surface area contributed by atoms with Crippen molar-refractivity contribution < 1.29 is 9.47 Å². The Morgan fingerprint density at radius 3 is 2.35 bits per heavy atom. The van der Waals surface area contributed by atoms with Gasteiger partial charge in [-0.1, -0.05) is 12.1 Å². The summed E-state index contributed by atoms with van der Waals surface area (Å²) in [5.41, 5.74) is 1.33. The van der Waals surface area contributed by atoms with Crippen molar-refractivity contribution in [3.05, 3.63) is 46.2 Å². The van der Waals surface area contributed by atoms with Gasteiger partial charge in [0.1, 0.15) is 11.5 Å². The number of hydrogen-bond donors (Lipinski definition) is 1. The summed E-state index contributed by atoms with van der Waals surface area (Å²) in [6.07, 6.45) is 2.10. The van der Waals surface area contributed by atoms with Crippen molar-refractivity contribution in [3.8, 4) is 11.5 Å². The van der Waals surface area contributed by atoms with E-state index in [0.29, 0.717) is 6.04 Å². The molecule has 0 spiro atoms. The number of aryl methyl sites for hydroxylation is 1. The van der Waals surface area contributed by atoms with Crippen LogP contribution in [0.1, 0.15) is 22.9 Å². The second-order valence-corrected chi connectivity index (χ2v) is 5.56. The van der Waals surface area contributed by atoms with Crippen LogP contribution in [0.5, 0.6) is 11.5 Å². The molecule has 0 fully saturated rings. The fraction of sp³-hybridized carbons (Fsp3) is 0.375. The highest BCUT2D eigenvalue weighted by atomic mass is 32.1. The van der Waals surface area contributed by atoms with Gasteiger partial charge in [0.25, 0.3) is 0 Å². The van der Waals surface area contributed by atoms with Gasteiger partial charge in [-0.15, -0.1) is 11.3 Å². The molecule has 0 aliphatic rings. The van der Waals surface area contributed by atoms with Crippen molar-refractivity contribution in [2.24, 2.45) is 0 Å². The number of thiophene rings is 1. The van der Waals surface area contributed by atoms with Gasteiger partial charge in [-0.2, -0.15) is 0 Å². The number of methoxy groups -OCH3 is 2. The highest BCUT2D eigenvalue weighted by Gasteiger charge is 2.12. The van der Waals surface area contributed by atoms with Crippen molar-refractivity contribution >= 4 is 11.3 Å². The van der Waals surface area contributed by atoms with E-state index in [1.54, 1.807) is 25.6 Å². The predicted molar refractivity (Wildman–Crippen MR) is 84.0 cm³/mol. The van der Waals surface area contributed by atoms with Crippen LogP contribution < -0.4 is 14.8 Å². The molecule has 1 N–H and O–H groups in total. The standard InChI is InChI=1S/C16H21NO2S/c1-17-15(16-10-14(19-3)11-20-16)9-6-12-4-7-13(18-2)8-5-12/h4-5,7-8,10-11,15,17H,6,9H2,1-3H3. The van der Waals surface area contributed by atoms with E-state index < -0.39 is 0 Å². The molecule has 0 saturated heterocycles. The van der Waals surface area contributed by atoms with Gasteiger partial charge in [-0.25, -0.2) is 0 Å². The molecule has 0 bridgehead atoms. The zero-order valence-electron chi connectivity index (χ0n) is 12.2. The predicted octanol–water partition coefficient (Wildman–Crippen LogP) is 3.66. The summed E-state index contributed by atoms with van der Waals surface area (Å²) in [6.45, 7) is 0. The van der Waals surface area contributed by atoms with Gasteiger partial charge in [0.15, 0.2) is 0 Å². The first-order chi connectivity index (χ1) is 9.76. The van der Waals surface area contributed by atoms with Gasteiger partial charge < -0.3 is 14.8 Å². The molecule has 0 aliphatic heterocycles. The van der Waals surface area contributed by atoms with Crippen LogP contribution in [-0.2, 0) is 6.42 Å². The Hall–Kier alpha value is -1.52. The minimum atomic E-state index is 0.367. The molecule has 0 saturated carbocycles. The van der Waals surface area contributed by atoms with Crippen LogP contribution in [0.4, 0.5) is 0 Å². The number of benzene rings is 1. The lowest BCUT2D eigenvalue weighted by atomic mass is 10.0. The van der Waals surface area contributed by atoms with E-state index in [-0.39, 0.29) is 0 Å². The Morgan fingerprint density at radius 2 is 1.80 bits per heavy atom. The molecule has 0 aliphatic carbocycles. The van der Waals surface area contributed by atoms with Crippen LogP contribution in [-0.4, -0.2) is 21.3 Å². The Bertz CT molecular complexity index is 522. The van der Waals surface area contributed by atoms with Crippen LogP contribution in [0.25, 0.3) is 0 Å². The third-order valence-corrected chi connectivity index (χ3v) is 4.43. The Kier molecular flexibility index (Phi) is 5.44. The quantitative estimate of drug-likeness (QED) is 0.844. The average Bonchev–Trinajstić information content (AvgIpc) is 2.97. The SMILES string of the molecule is CNC(CCc1ccc(OC)cc1)c1cc(OC)cs1. The van der Waals surface area contributed by atoms with Crippen molar-refractivity contribution in [2.75, 3.05) is 21.3 Å². The number of ether oxygens (including phenoxy) is 2. The topological polar surface area (TPSA) is 30.5 Å². The van der Waals surface area contributed by atoms with E-state index in [2.05, 4.69) is 23.5 Å². The summed E-state index contributed by atoms with van der Waals surface area (Å²) in [5, 5.41) is 5.43. The van der Waals surface area contributed by atoms with E-state index in [1.165, 1.54) is 10.4 Å². The van der Waals surface area contributed by atoms with Crippen LogP contribution in [0.2, 0.25) is 0 Å². The fourth-order valence-electron chi connectivity index (χ4n) is 2.16. The zero-order chi connectivity index (χ0) is 14.4. The second kappa shape index (κ2) is 7.31. The summed E-state index contributed by atoms with van der Waals surface area (Å²) in [4.78, 5) is 1.32.